The van der Waals surface area contributed by atoms with Crippen LogP contribution in [0.15, 0.2) is 12.1 Å². The minimum absolute atomic E-state index is 0.0563. The lowest BCUT2D eigenvalue weighted by molar-refractivity contribution is -0.386. The first kappa shape index (κ1) is 14.2. The quantitative estimate of drug-likeness (QED) is 0.491. The predicted octanol–water partition coefficient (Wildman–Crippen LogP) is 1.93. The van der Waals surface area contributed by atoms with E-state index in [4.69, 9.17) is 10.6 Å². The van der Waals surface area contributed by atoms with E-state index >= 15 is 0 Å². The Morgan fingerprint density at radius 3 is 2.90 bits per heavy atom. The third kappa shape index (κ3) is 2.83. The highest BCUT2D eigenvalue weighted by molar-refractivity contribution is 7.10. The fourth-order valence-corrected chi connectivity index (χ4v) is 2.29. The fourth-order valence-electron chi connectivity index (χ4n) is 1.81. The molecule has 0 radical (unpaired) electrons. The molecule has 1 aromatic heterocycles. The first-order valence-electron chi connectivity index (χ1n) is 5.69. The van der Waals surface area contributed by atoms with Gasteiger partial charge in [0.15, 0.2) is 10.8 Å². The minimum Gasteiger partial charge on any atom is -0.480 e. The van der Waals surface area contributed by atoms with Gasteiger partial charge >= 0.3 is 5.69 Å². The van der Waals surface area contributed by atoms with Gasteiger partial charge in [-0.1, -0.05) is 10.6 Å². The Labute approximate surface area is 118 Å². The lowest BCUT2D eigenvalue weighted by Crippen LogP contribution is -2.09. The molecule has 3 N–H and O–H groups in total. The molecule has 0 saturated heterocycles. The summed E-state index contributed by atoms with van der Waals surface area (Å²) in [4.78, 5) is 10.6. The molecule has 0 bridgehead atoms. The van der Waals surface area contributed by atoms with Crippen molar-refractivity contribution in [3.63, 3.8) is 0 Å². The molecule has 0 unspecified atom stereocenters. The molecule has 1 aromatic carbocycles. The van der Waals surface area contributed by atoms with Gasteiger partial charge in [0.2, 0.25) is 0 Å². The molecule has 0 atom stereocenters. The van der Waals surface area contributed by atoms with Crippen LogP contribution in [-0.4, -0.2) is 14.5 Å². The molecule has 1 heterocycles. The number of hydrogen-bond donors (Lipinski definition) is 2. The number of rotatable bonds is 5. The largest absolute Gasteiger partial charge is 0.480 e. The van der Waals surface area contributed by atoms with Crippen LogP contribution in [0, 0.1) is 24.0 Å². The van der Waals surface area contributed by atoms with E-state index in [0.717, 1.165) is 17.1 Å². The SMILES string of the molecule is Cc1cc(C)c(OCc2nnsc2NN)c([N+](=O)[O-])c1. The van der Waals surface area contributed by atoms with E-state index in [-0.39, 0.29) is 18.0 Å². The van der Waals surface area contributed by atoms with Crippen LogP contribution in [0.1, 0.15) is 16.8 Å². The summed E-state index contributed by atoms with van der Waals surface area (Å²) in [5.74, 6) is 5.54. The van der Waals surface area contributed by atoms with E-state index in [1.807, 2.05) is 6.07 Å². The number of aromatic nitrogens is 2. The number of hydrogen-bond acceptors (Lipinski definition) is 8. The third-order valence-corrected chi connectivity index (χ3v) is 3.34. The first-order valence-corrected chi connectivity index (χ1v) is 6.46. The van der Waals surface area contributed by atoms with Gasteiger partial charge in [0.05, 0.1) is 4.92 Å². The lowest BCUT2D eigenvalue weighted by Gasteiger charge is -2.09. The maximum Gasteiger partial charge on any atom is 0.311 e. The fraction of sp³-hybridized carbons (Fsp3) is 0.273. The van der Waals surface area contributed by atoms with Gasteiger partial charge in [-0.05, 0) is 25.0 Å². The lowest BCUT2D eigenvalue weighted by atomic mass is 10.1. The van der Waals surface area contributed by atoms with Crippen LogP contribution in [0.2, 0.25) is 0 Å². The van der Waals surface area contributed by atoms with Crippen molar-refractivity contribution in [1.29, 1.82) is 0 Å². The van der Waals surface area contributed by atoms with Crippen molar-refractivity contribution in [2.24, 2.45) is 5.84 Å². The average Bonchev–Trinajstić information content (AvgIpc) is 2.84. The molecule has 0 amide bonds. The molecule has 2 aromatic rings. The molecule has 106 valence electrons. The second kappa shape index (κ2) is 5.80. The molecule has 0 fully saturated rings. The summed E-state index contributed by atoms with van der Waals surface area (Å²) >= 11 is 1.09. The van der Waals surface area contributed by atoms with Crippen LogP contribution < -0.4 is 16.0 Å². The van der Waals surface area contributed by atoms with Gasteiger partial charge < -0.3 is 10.2 Å². The Kier molecular flexibility index (Phi) is 4.11. The van der Waals surface area contributed by atoms with Crippen LogP contribution in [0.5, 0.6) is 5.75 Å². The number of nitro groups is 1. The van der Waals surface area contributed by atoms with Gasteiger partial charge in [-0.15, -0.1) is 5.10 Å². The zero-order valence-corrected chi connectivity index (χ0v) is 11.7. The molecule has 0 saturated carbocycles. The maximum absolute atomic E-state index is 11.1. The number of anilines is 1. The summed E-state index contributed by atoms with van der Waals surface area (Å²) in [5.41, 5.74) is 4.40. The second-order valence-electron chi connectivity index (χ2n) is 4.17. The maximum atomic E-state index is 11.1. The smallest absolute Gasteiger partial charge is 0.311 e. The molecule has 8 nitrogen and oxygen atoms in total. The van der Waals surface area contributed by atoms with Gasteiger partial charge in [-0.2, -0.15) is 0 Å². The zero-order valence-electron chi connectivity index (χ0n) is 10.9. The summed E-state index contributed by atoms with van der Waals surface area (Å²) in [6, 6.07) is 3.30. The Morgan fingerprint density at radius 2 is 2.25 bits per heavy atom. The zero-order chi connectivity index (χ0) is 14.7. The van der Waals surface area contributed by atoms with Gasteiger partial charge in [0.1, 0.15) is 12.3 Å². The van der Waals surface area contributed by atoms with Crippen LogP contribution in [0.25, 0.3) is 0 Å². The van der Waals surface area contributed by atoms with Gasteiger partial charge in [-0.25, -0.2) is 5.84 Å². The van der Waals surface area contributed by atoms with Crippen LogP contribution in [-0.2, 0) is 6.61 Å². The first-order chi connectivity index (χ1) is 9.52. The molecule has 0 aliphatic rings. The predicted molar refractivity (Wildman–Crippen MR) is 74.6 cm³/mol. The van der Waals surface area contributed by atoms with Crippen molar-refractivity contribution >= 4 is 22.2 Å². The third-order valence-electron chi connectivity index (χ3n) is 2.64. The summed E-state index contributed by atoms with van der Waals surface area (Å²) in [6.07, 6.45) is 0. The van der Waals surface area contributed by atoms with E-state index in [0.29, 0.717) is 16.3 Å². The highest BCUT2D eigenvalue weighted by atomic mass is 32.1. The van der Waals surface area contributed by atoms with Crippen LogP contribution in [0.3, 0.4) is 0 Å². The normalized spacial score (nSPS) is 10.3. The molecule has 0 spiro atoms. The van der Waals surface area contributed by atoms with Gasteiger partial charge in [0.25, 0.3) is 0 Å². The van der Waals surface area contributed by atoms with Crippen LogP contribution in [0.4, 0.5) is 10.7 Å². The van der Waals surface area contributed by atoms with Crippen LogP contribution >= 0.6 is 11.5 Å². The summed E-state index contributed by atoms with van der Waals surface area (Å²) in [6.45, 7) is 3.61. The topological polar surface area (TPSA) is 116 Å². The molecule has 0 aliphatic carbocycles. The number of nitrogens with one attached hydrogen (secondary N) is 1. The average molecular weight is 295 g/mol. The van der Waals surface area contributed by atoms with Crippen molar-refractivity contribution in [1.82, 2.24) is 9.59 Å². The number of hydrazine groups is 1. The Morgan fingerprint density at radius 1 is 1.50 bits per heavy atom. The number of nitrogens with two attached hydrogens (primary N) is 1. The molecule has 9 heteroatoms. The minimum atomic E-state index is -0.462. The molecule has 0 aliphatic heterocycles. The molecular formula is C11H13N5O3S. The van der Waals surface area contributed by atoms with Crippen molar-refractivity contribution in [2.75, 3.05) is 5.43 Å². The highest BCUT2D eigenvalue weighted by Crippen LogP contribution is 2.33. The second-order valence-corrected chi connectivity index (χ2v) is 4.92. The number of ether oxygens (including phenoxy) is 1. The highest BCUT2D eigenvalue weighted by Gasteiger charge is 2.19. The molecule has 2 rings (SSSR count). The van der Waals surface area contributed by atoms with Crippen molar-refractivity contribution < 1.29 is 9.66 Å². The summed E-state index contributed by atoms with van der Waals surface area (Å²) in [5, 5.41) is 15.5. The van der Waals surface area contributed by atoms with Crippen molar-refractivity contribution in [3.8, 4) is 5.75 Å². The Bertz CT molecular complexity index is 643. The number of nitrogens with zero attached hydrogens (tertiary/aromatic N) is 3. The summed E-state index contributed by atoms with van der Waals surface area (Å²) < 4.78 is 9.27. The van der Waals surface area contributed by atoms with E-state index in [1.165, 1.54) is 6.07 Å². The molecular weight excluding hydrogens is 282 g/mol. The van der Waals surface area contributed by atoms with Crippen molar-refractivity contribution in [3.05, 3.63) is 39.1 Å². The summed E-state index contributed by atoms with van der Waals surface area (Å²) in [7, 11) is 0. The van der Waals surface area contributed by atoms with Crippen molar-refractivity contribution in [2.45, 2.75) is 20.5 Å². The van der Waals surface area contributed by atoms with Gasteiger partial charge in [-0.3, -0.25) is 10.1 Å². The van der Waals surface area contributed by atoms with Gasteiger partial charge in [0, 0.05) is 17.6 Å². The van der Waals surface area contributed by atoms with E-state index < -0.39 is 4.92 Å². The number of benzene rings is 1. The van der Waals surface area contributed by atoms with E-state index in [9.17, 15) is 10.1 Å². The van der Waals surface area contributed by atoms with E-state index in [1.54, 1.807) is 13.8 Å². The standard InChI is InChI=1S/C11H13N5O3S/c1-6-3-7(2)10(9(4-6)16(17)18)19-5-8-11(13-12)20-15-14-8/h3-4,13H,5,12H2,1-2H3. The number of nitrogen functional groups attached to an aromatic ring is 1. The van der Waals surface area contributed by atoms with E-state index in [2.05, 4.69) is 15.0 Å². The molecule has 20 heavy (non-hydrogen) atoms. The monoisotopic (exact) mass is 295 g/mol. The number of nitro benzene ring substituents is 1. The Hall–Kier alpha value is -2.26. The number of aryl methyl sites for hydroxylation is 2. The Balaban J connectivity index is 2.27.